The first-order valence-corrected chi connectivity index (χ1v) is 6.38. The largest absolute Gasteiger partial charge is 0.382 e. The summed E-state index contributed by atoms with van der Waals surface area (Å²) in [5, 5.41) is 6.42. The minimum absolute atomic E-state index is 0.0304. The number of nitrogen functional groups attached to an aromatic ring is 1. The summed E-state index contributed by atoms with van der Waals surface area (Å²) in [6.45, 7) is 5.15. The first-order chi connectivity index (χ1) is 8.70. The van der Waals surface area contributed by atoms with Gasteiger partial charge in [0.25, 0.3) is 5.91 Å². The van der Waals surface area contributed by atoms with Crippen molar-refractivity contribution in [2.45, 2.75) is 19.8 Å². The maximum absolute atomic E-state index is 12.1. The monoisotopic (exact) mass is 252 g/mol. The Labute approximate surface area is 106 Å². The lowest BCUT2D eigenvalue weighted by molar-refractivity contribution is 0.0749. The second-order valence-electron chi connectivity index (χ2n) is 4.69. The third-order valence-corrected chi connectivity index (χ3v) is 3.10. The number of hydrogen-bond acceptors (Lipinski definition) is 4. The molecule has 0 spiro atoms. The van der Waals surface area contributed by atoms with E-state index in [9.17, 15) is 4.79 Å². The molecule has 0 aliphatic carbocycles. The van der Waals surface area contributed by atoms with Gasteiger partial charge in [-0.1, -0.05) is 6.92 Å². The molecule has 3 N–H and O–H groups in total. The second kappa shape index (κ2) is 5.86. The van der Waals surface area contributed by atoms with Crippen LogP contribution >= 0.6 is 0 Å². The lowest BCUT2D eigenvalue weighted by Gasteiger charge is -2.15. The first-order valence-electron chi connectivity index (χ1n) is 6.38. The number of carbonyl (C=O) groups excluding carboxylic acids is 1. The number of H-pyrrole nitrogens is 1. The van der Waals surface area contributed by atoms with E-state index in [1.807, 2.05) is 4.90 Å². The van der Waals surface area contributed by atoms with Crippen LogP contribution in [0.4, 0.5) is 5.82 Å². The van der Waals surface area contributed by atoms with E-state index in [0.717, 1.165) is 39.1 Å². The van der Waals surface area contributed by atoms with E-state index in [-0.39, 0.29) is 5.91 Å². The number of hydrogen-bond donors (Lipinski definition) is 2. The number of nitrogens with zero attached hydrogens (tertiary/aromatic N) is 2. The predicted molar refractivity (Wildman–Crippen MR) is 68.1 cm³/mol. The highest BCUT2D eigenvalue weighted by Gasteiger charge is 2.27. The van der Waals surface area contributed by atoms with Crippen molar-refractivity contribution in [3.63, 3.8) is 0 Å². The number of aromatic amines is 1. The van der Waals surface area contributed by atoms with Crippen molar-refractivity contribution in [3.8, 4) is 0 Å². The van der Waals surface area contributed by atoms with Gasteiger partial charge in [0.1, 0.15) is 11.5 Å². The normalized spacial score (nSPS) is 19.4. The van der Waals surface area contributed by atoms with Gasteiger partial charge in [-0.3, -0.25) is 9.89 Å². The van der Waals surface area contributed by atoms with Crippen molar-refractivity contribution in [2.75, 3.05) is 32.0 Å². The molecule has 1 aliphatic heterocycles. The van der Waals surface area contributed by atoms with Gasteiger partial charge in [-0.15, -0.1) is 0 Å². The van der Waals surface area contributed by atoms with Crippen molar-refractivity contribution >= 4 is 11.7 Å². The standard InChI is InChI=1S/C12H20N4O2/c1-2-5-18-8-9-3-4-16(7-9)12(17)10-6-11(13)15-14-10/h6,9H,2-5,7-8H2,1H3,(H3,13,14,15). The maximum atomic E-state index is 12.1. The summed E-state index contributed by atoms with van der Waals surface area (Å²) in [6.07, 6.45) is 2.03. The van der Waals surface area contributed by atoms with E-state index < -0.39 is 0 Å². The summed E-state index contributed by atoms with van der Waals surface area (Å²) < 4.78 is 5.53. The van der Waals surface area contributed by atoms with Crippen molar-refractivity contribution in [1.29, 1.82) is 0 Å². The quantitative estimate of drug-likeness (QED) is 0.762. The van der Waals surface area contributed by atoms with E-state index >= 15 is 0 Å². The highest BCUT2D eigenvalue weighted by atomic mass is 16.5. The minimum atomic E-state index is -0.0304. The maximum Gasteiger partial charge on any atom is 0.271 e. The molecule has 1 aliphatic rings. The number of anilines is 1. The smallest absolute Gasteiger partial charge is 0.271 e. The molecule has 1 fully saturated rings. The molecule has 2 rings (SSSR count). The first kappa shape index (κ1) is 12.9. The fraction of sp³-hybridized carbons (Fsp3) is 0.667. The molecule has 6 heteroatoms. The van der Waals surface area contributed by atoms with Crippen molar-refractivity contribution in [3.05, 3.63) is 11.8 Å². The molecule has 1 saturated heterocycles. The van der Waals surface area contributed by atoms with Gasteiger partial charge in [-0.2, -0.15) is 5.10 Å². The molecule has 0 radical (unpaired) electrons. The number of ether oxygens (including phenoxy) is 1. The third-order valence-electron chi connectivity index (χ3n) is 3.10. The molecule has 6 nitrogen and oxygen atoms in total. The van der Waals surface area contributed by atoms with Crippen LogP contribution in [0.15, 0.2) is 6.07 Å². The van der Waals surface area contributed by atoms with Crippen LogP contribution in [0, 0.1) is 5.92 Å². The predicted octanol–water partition coefficient (Wildman–Crippen LogP) is 0.881. The molecule has 0 bridgehead atoms. The van der Waals surface area contributed by atoms with Gasteiger partial charge in [-0.05, 0) is 12.8 Å². The van der Waals surface area contributed by atoms with Gasteiger partial charge in [0.15, 0.2) is 0 Å². The molecular weight excluding hydrogens is 232 g/mol. The number of nitrogens with one attached hydrogen (secondary N) is 1. The summed E-state index contributed by atoms with van der Waals surface area (Å²) in [6, 6.07) is 1.57. The Hall–Kier alpha value is -1.56. The molecule has 1 aromatic rings. The summed E-state index contributed by atoms with van der Waals surface area (Å²) in [7, 11) is 0. The fourth-order valence-electron chi connectivity index (χ4n) is 2.16. The fourth-order valence-corrected chi connectivity index (χ4v) is 2.16. The summed E-state index contributed by atoms with van der Waals surface area (Å²) in [5.74, 6) is 0.762. The van der Waals surface area contributed by atoms with E-state index in [1.54, 1.807) is 6.07 Å². The topological polar surface area (TPSA) is 84.2 Å². The molecule has 1 amide bonds. The van der Waals surface area contributed by atoms with Crippen LogP contribution in [0.5, 0.6) is 0 Å². The average molecular weight is 252 g/mol. The van der Waals surface area contributed by atoms with Gasteiger partial charge in [-0.25, -0.2) is 0 Å². The molecule has 1 atom stereocenters. The number of nitrogens with two attached hydrogens (primary N) is 1. The lowest BCUT2D eigenvalue weighted by atomic mass is 10.1. The molecular formula is C12H20N4O2. The Kier molecular flexibility index (Phi) is 4.19. The Morgan fingerprint density at radius 2 is 2.56 bits per heavy atom. The number of aromatic nitrogens is 2. The molecule has 18 heavy (non-hydrogen) atoms. The number of rotatable bonds is 5. The van der Waals surface area contributed by atoms with Crippen molar-refractivity contribution in [1.82, 2.24) is 15.1 Å². The average Bonchev–Trinajstić information content (AvgIpc) is 2.98. The number of carbonyl (C=O) groups is 1. The van der Waals surface area contributed by atoms with E-state index in [2.05, 4.69) is 17.1 Å². The van der Waals surface area contributed by atoms with Crippen LogP contribution in [0.1, 0.15) is 30.3 Å². The highest BCUT2D eigenvalue weighted by molar-refractivity contribution is 5.93. The van der Waals surface area contributed by atoms with Gasteiger partial charge in [0, 0.05) is 31.7 Å². The van der Waals surface area contributed by atoms with Gasteiger partial charge < -0.3 is 15.4 Å². The molecule has 100 valence electrons. The van der Waals surface area contributed by atoms with Crippen molar-refractivity contribution in [2.24, 2.45) is 5.92 Å². The SMILES string of the molecule is CCCOCC1CCN(C(=O)c2cc(N)n[nH]2)C1. The third kappa shape index (κ3) is 3.01. The number of amides is 1. The Morgan fingerprint density at radius 3 is 3.22 bits per heavy atom. The Bertz CT molecular complexity index is 405. The van der Waals surface area contributed by atoms with Gasteiger partial charge in [0.2, 0.25) is 0 Å². The van der Waals surface area contributed by atoms with E-state index in [0.29, 0.717) is 17.4 Å². The van der Waals surface area contributed by atoms with Crippen molar-refractivity contribution < 1.29 is 9.53 Å². The zero-order chi connectivity index (χ0) is 13.0. The molecule has 0 saturated carbocycles. The minimum Gasteiger partial charge on any atom is -0.382 e. The van der Waals surface area contributed by atoms with Crippen LogP contribution in [0.2, 0.25) is 0 Å². The molecule has 1 unspecified atom stereocenters. The van der Waals surface area contributed by atoms with E-state index in [1.165, 1.54) is 0 Å². The Morgan fingerprint density at radius 1 is 1.72 bits per heavy atom. The summed E-state index contributed by atoms with van der Waals surface area (Å²) in [4.78, 5) is 13.9. The van der Waals surface area contributed by atoms with Gasteiger partial charge in [0.05, 0.1) is 6.61 Å². The number of likely N-dealkylation sites (tertiary alicyclic amines) is 1. The van der Waals surface area contributed by atoms with Crippen LogP contribution in [-0.2, 0) is 4.74 Å². The van der Waals surface area contributed by atoms with Gasteiger partial charge >= 0.3 is 0 Å². The van der Waals surface area contributed by atoms with E-state index in [4.69, 9.17) is 10.5 Å². The molecule has 2 heterocycles. The second-order valence-corrected chi connectivity index (χ2v) is 4.69. The molecule has 0 aromatic carbocycles. The summed E-state index contributed by atoms with van der Waals surface area (Å²) in [5.41, 5.74) is 5.95. The van der Waals surface area contributed by atoms with Crippen LogP contribution in [0.3, 0.4) is 0 Å². The van der Waals surface area contributed by atoms with Crippen LogP contribution in [0.25, 0.3) is 0 Å². The van der Waals surface area contributed by atoms with Crippen LogP contribution < -0.4 is 5.73 Å². The molecule has 1 aromatic heterocycles. The van der Waals surface area contributed by atoms with Crippen LogP contribution in [-0.4, -0.2) is 47.3 Å². The zero-order valence-corrected chi connectivity index (χ0v) is 10.7. The highest BCUT2D eigenvalue weighted by Crippen LogP contribution is 2.19. The lowest BCUT2D eigenvalue weighted by Crippen LogP contribution is -2.29. The zero-order valence-electron chi connectivity index (χ0n) is 10.7. The Balaban J connectivity index is 1.83. The summed E-state index contributed by atoms with van der Waals surface area (Å²) >= 11 is 0.